The van der Waals surface area contributed by atoms with E-state index in [9.17, 15) is 9.59 Å². The van der Waals surface area contributed by atoms with E-state index in [1.807, 2.05) is 0 Å². The van der Waals surface area contributed by atoms with E-state index in [0.29, 0.717) is 50.3 Å². The van der Waals surface area contributed by atoms with E-state index in [1.54, 1.807) is 29.1 Å². The average molecular weight is 375 g/mol. The Kier molecular flexibility index (Phi) is 6.47. The smallest absolute Gasteiger partial charge is 0.409 e. The van der Waals surface area contributed by atoms with Crippen molar-refractivity contribution in [1.29, 1.82) is 0 Å². The molecule has 8 nitrogen and oxygen atoms in total. The number of hydrogen-bond donors (Lipinski definition) is 0. The maximum absolute atomic E-state index is 12.7. The van der Waals surface area contributed by atoms with Gasteiger partial charge >= 0.3 is 6.09 Å². The molecule has 0 N–H and O–H groups in total. The van der Waals surface area contributed by atoms with Crippen LogP contribution in [-0.2, 0) is 4.74 Å². The molecule has 1 aromatic heterocycles. The molecule has 2 fully saturated rings. The molecule has 1 aromatic rings. The van der Waals surface area contributed by atoms with Crippen LogP contribution in [0.15, 0.2) is 12.4 Å². The molecule has 1 unspecified atom stereocenters. The lowest BCUT2D eigenvalue weighted by molar-refractivity contribution is 0.0570. The summed E-state index contributed by atoms with van der Waals surface area (Å²) in [4.78, 5) is 39.0. The predicted molar refractivity (Wildman–Crippen MR) is 102 cm³/mol. The van der Waals surface area contributed by atoms with Crippen LogP contribution in [0.3, 0.4) is 0 Å². The van der Waals surface area contributed by atoms with E-state index in [4.69, 9.17) is 4.74 Å². The van der Waals surface area contributed by atoms with Crippen LogP contribution in [0.4, 0.5) is 10.7 Å². The number of aromatic nitrogens is 2. The molecule has 3 rings (SSSR count). The van der Waals surface area contributed by atoms with Crippen LogP contribution in [-0.4, -0.2) is 77.1 Å². The van der Waals surface area contributed by atoms with Crippen LogP contribution in [0, 0.1) is 0 Å². The Labute approximate surface area is 160 Å². The Hall–Kier alpha value is -2.38. The highest BCUT2D eigenvalue weighted by Crippen LogP contribution is 2.23. The van der Waals surface area contributed by atoms with Crippen molar-refractivity contribution in [2.24, 2.45) is 0 Å². The zero-order valence-corrected chi connectivity index (χ0v) is 16.3. The van der Waals surface area contributed by atoms with E-state index in [-0.39, 0.29) is 12.0 Å². The summed E-state index contributed by atoms with van der Waals surface area (Å²) in [5.74, 6) is 0.626. The number of amides is 2. The number of carbonyl (C=O) groups excluding carboxylic acids is 2. The van der Waals surface area contributed by atoms with Crippen LogP contribution in [0.5, 0.6) is 0 Å². The minimum atomic E-state index is -0.315. The van der Waals surface area contributed by atoms with Crippen molar-refractivity contribution in [3.63, 3.8) is 0 Å². The molecule has 0 aliphatic carbocycles. The van der Waals surface area contributed by atoms with Gasteiger partial charge in [0.2, 0.25) is 5.95 Å². The normalized spacial score (nSPS) is 20.5. The van der Waals surface area contributed by atoms with Gasteiger partial charge in [0.15, 0.2) is 0 Å². The van der Waals surface area contributed by atoms with Crippen molar-refractivity contribution in [2.45, 2.75) is 45.6 Å². The number of carbonyl (C=O) groups is 2. The van der Waals surface area contributed by atoms with E-state index >= 15 is 0 Å². The minimum absolute atomic E-state index is 0.0873. The molecule has 3 heterocycles. The molecule has 27 heavy (non-hydrogen) atoms. The van der Waals surface area contributed by atoms with Gasteiger partial charge in [-0.25, -0.2) is 14.8 Å². The molecule has 0 spiro atoms. The maximum Gasteiger partial charge on any atom is 0.409 e. The average Bonchev–Trinajstić information content (AvgIpc) is 2.73. The molecule has 2 aliphatic rings. The molecule has 0 radical (unpaired) electrons. The summed E-state index contributed by atoms with van der Waals surface area (Å²) in [7, 11) is 0. The number of rotatable bonds is 4. The maximum atomic E-state index is 12.7. The third-order valence-electron chi connectivity index (χ3n) is 5.33. The highest BCUT2D eigenvalue weighted by atomic mass is 16.6. The summed E-state index contributed by atoms with van der Waals surface area (Å²) >= 11 is 0. The first-order chi connectivity index (χ1) is 13.1. The van der Waals surface area contributed by atoms with Crippen LogP contribution in [0.2, 0.25) is 0 Å². The number of anilines is 1. The predicted octanol–water partition coefficient (Wildman–Crippen LogP) is 2.16. The highest BCUT2D eigenvalue weighted by molar-refractivity contribution is 5.93. The van der Waals surface area contributed by atoms with Gasteiger partial charge in [0.1, 0.15) is 0 Å². The molecule has 0 aromatic carbocycles. The zero-order valence-electron chi connectivity index (χ0n) is 16.3. The van der Waals surface area contributed by atoms with Gasteiger partial charge in [0.25, 0.3) is 5.91 Å². The monoisotopic (exact) mass is 375 g/mol. The standard InChI is InChI=1S/C19H29N5O3/c1-3-16-7-5-6-8-24(16)18-20-13-15(14-21-18)17(25)22-9-11-23(12-10-22)19(26)27-4-2/h13-14,16H,3-12H2,1-2H3. The summed E-state index contributed by atoms with van der Waals surface area (Å²) in [6.45, 7) is 7.25. The van der Waals surface area contributed by atoms with Gasteiger partial charge in [-0.3, -0.25) is 4.79 Å². The van der Waals surface area contributed by atoms with Crippen LogP contribution >= 0.6 is 0 Å². The number of nitrogens with zero attached hydrogens (tertiary/aromatic N) is 5. The van der Waals surface area contributed by atoms with Gasteiger partial charge in [-0.15, -0.1) is 0 Å². The Morgan fingerprint density at radius 1 is 1.04 bits per heavy atom. The SMILES string of the molecule is CCOC(=O)N1CCN(C(=O)c2cnc(N3CCCCC3CC)nc2)CC1. The van der Waals surface area contributed by atoms with E-state index in [2.05, 4.69) is 21.8 Å². The second-order valence-electron chi connectivity index (χ2n) is 7.00. The number of piperazine rings is 1. The topological polar surface area (TPSA) is 78.9 Å². The molecule has 8 heteroatoms. The molecule has 1 atom stereocenters. The first-order valence-electron chi connectivity index (χ1n) is 9.93. The van der Waals surface area contributed by atoms with Crippen LogP contribution in [0.25, 0.3) is 0 Å². The van der Waals surface area contributed by atoms with Crippen molar-refractivity contribution >= 4 is 17.9 Å². The third kappa shape index (κ3) is 4.48. The van der Waals surface area contributed by atoms with Gasteiger partial charge in [0, 0.05) is 51.2 Å². The Morgan fingerprint density at radius 2 is 1.70 bits per heavy atom. The van der Waals surface area contributed by atoms with Crippen molar-refractivity contribution in [3.8, 4) is 0 Å². The first-order valence-corrected chi connectivity index (χ1v) is 9.93. The molecule has 148 valence electrons. The van der Waals surface area contributed by atoms with Crippen LogP contribution < -0.4 is 4.90 Å². The van der Waals surface area contributed by atoms with Gasteiger partial charge in [-0.1, -0.05) is 6.92 Å². The second kappa shape index (κ2) is 9.01. The van der Waals surface area contributed by atoms with Gasteiger partial charge in [-0.05, 0) is 32.6 Å². The molecule has 2 saturated heterocycles. The summed E-state index contributed by atoms with van der Waals surface area (Å²) in [5.41, 5.74) is 0.494. The third-order valence-corrected chi connectivity index (χ3v) is 5.33. The lowest BCUT2D eigenvalue weighted by Crippen LogP contribution is -2.50. The minimum Gasteiger partial charge on any atom is -0.450 e. The van der Waals surface area contributed by atoms with Gasteiger partial charge < -0.3 is 19.4 Å². The summed E-state index contributed by atoms with van der Waals surface area (Å²) in [5, 5.41) is 0. The molecule has 2 amide bonds. The Bertz CT molecular complexity index is 643. The van der Waals surface area contributed by atoms with Gasteiger partial charge in [-0.2, -0.15) is 0 Å². The number of piperidine rings is 1. The fraction of sp³-hybridized carbons (Fsp3) is 0.684. The zero-order chi connectivity index (χ0) is 19.2. The Morgan fingerprint density at radius 3 is 2.33 bits per heavy atom. The number of hydrogen-bond acceptors (Lipinski definition) is 6. The lowest BCUT2D eigenvalue weighted by Gasteiger charge is -2.35. The summed E-state index contributed by atoms with van der Waals surface area (Å²) in [6, 6.07) is 0.483. The van der Waals surface area contributed by atoms with E-state index < -0.39 is 0 Å². The molecular formula is C19H29N5O3. The molecule has 2 aliphatic heterocycles. The van der Waals surface area contributed by atoms with Gasteiger partial charge in [0.05, 0.1) is 12.2 Å². The quantitative estimate of drug-likeness (QED) is 0.802. The van der Waals surface area contributed by atoms with E-state index in [1.165, 1.54) is 12.8 Å². The number of ether oxygens (including phenoxy) is 1. The van der Waals surface area contributed by atoms with E-state index in [0.717, 1.165) is 19.4 Å². The highest BCUT2D eigenvalue weighted by Gasteiger charge is 2.27. The lowest BCUT2D eigenvalue weighted by atomic mass is 10.0. The van der Waals surface area contributed by atoms with Crippen molar-refractivity contribution < 1.29 is 14.3 Å². The first kappa shape index (κ1) is 19.4. The largest absolute Gasteiger partial charge is 0.450 e. The molecule has 0 bridgehead atoms. The second-order valence-corrected chi connectivity index (χ2v) is 7.00. The molecule has 0 saturated carbocycles. The fourth-order valence-corrected chi connectivity index (χ4v) is 3.76. The van der Waals surface area contributed by atoms with Crippen molar-refractivity contribution in [1.82, 2.24) is 19.8 Å². The fourth-order valence-electron chi connectivity index (χ4n) is 3.76. The van der Waals surface area contributed by atoms with Crippen molar-refractivity contribution in [3.05, 3.63) is 18.0 Å². The molecular weight excluding hydrogens is 346 g/mol. The summed E-state index contributed by atoms with van der Waals surface area (Å²) < 4.78 is 5.01. The Balaban J connectivity index is 1.59. The summed E-state index contributed by atoms with van der Waals surface area (Å²) in [6.07, 6.45) is 7.60. The van der Waals surface area contributed by atoms with Crippen molar-refractivity contribution in [2.75, 3.05) is 44.2 Å². The van der Waals surface area contributed by atoms with Crippen LogP contribution in [0.1, 0.15) is 49.9 Å².